The number of pyridine rings is 1. The van der Waals surface area contributed by atoms with Gasteiger partial charge in [0.05, 0.1) is 13.2 Å². The Labute approximate surface area is 184 Å². The molecule has 1 N–H and O–H groups in total. The van der Waals surface area contributed by atoms with Gasteiger partial charge in [0.15, 0.2) is 0 Å². The van der Waals surface area contributed by atoms with E-state index in [1.807, 2.05) is 42.5 Å². The second-order valence-corrected chi connectivity index (χ2v) is 7.87. The van der Waals surface area contributed by atoms with Crippen LogP contribution in [0.2, 0.25) is 0 Å². The van der Waals surface area contributed by atoms with Gasteiger partial charge in [0.2, 0.25) is 5.88 Å². The van der Waals surface area contributed by atoms with Crippen molar-refractivity contribution in [1.29, 1.82) is 0 Å². The molecule has 1 aliphatic heterocycles. The summed E-state index contributed by atoms with van der Waals surface area (Å²) < 4.78 is 12.2. The van der Waals surface area contributed by atoms with Gasteiger partial charge in [-0.1, -0.05) is 28.1 Å². The third-order valence-corrected chi connectivity index (χ3v) is 5.27. The molecule has 0 atom stereocenters. The Bertz CT molecular complexity index is 1000. The molecule has 4 rings (SSSR count). The predicted octanol–water partition coefficient (Wildman–Crippen LogP) is 4.72. The molecule has 30 heavy (non-hydrogen) atoms. The van der Waals surface area contributed by atoms with Crippen LogP contribution in [0.3, 0.4) is 0 Å². The summed E-state index contributed by atoms with van der Waals surface area (Å²) in [6.45, 7) is 4.20. The summed E-state index contributed by atoms with van der Waals surface area (Å²) in [6.07, 6.45) is 1.61. The van der Waals surface area contributed by atoms with Gasteiger partial charge >= 0.3 is 0 Å². The average molecular weight is 468 g/mol. The van der Waals surface area contributed by atoms with Gasteiger partial charge < -0.3 is 14.8 Å². The van der Waals surface area contributed by atoms with Crippen molar-refractivity contribution in [2.24, 2.45) is 0 Å². The fourth-order valence-electron chi connectivity index (χ4n) is 3.22. The summed E-state index contributed by atoms with van der Waals surface area (Å²) >= 11 is 3.40. The first-order valence-electron chi connectivity index (χ1n) is 9.76. The molecule has 0 aliphatic carbocycles. The summed E-state index contributed by atoms with van der Waals surface area (Å²) in [5.74, 6) is 0.610. The van der Waals surface area contributed by atoms with Gasteiger partial charge in [0, 0.05) is 36.0 Å². The highest BCUT2D eigenvalue weighted by Gasteiger charge is 2.16. The topological polar surface area (TPSA) is 63.7 Å². The molecule has 0 unspecified atom stereocenters. The maximum absolute atomic E-state index is 12.9. The third kappa shape index (κ3) is 5.44. The molecule has 1 amide bonds. The van der Waals surface area contributed by atoms with E-state index < -0.39 is 0 Å². The first kappa shape index (κ1) is 20.5. The van der Waals surface area contributed by atoms with E-state index in [9.17, 15) is 4.79 Å². The number of ether oxygens (including phenoxy) is 2. The number of carbonyl (C=O) groups is 1. The van der Waals surface area contributed by atoms with E-state index >= 15 is 0 Å². The molecule has 0 spiro atoms. The highest BCUT2D eigenvalue weighted by molar-refractivity contribution is 9.10. The van der Waals surface area contributed by atoms with Gasteiger partial charge in [-0.15, -0.1) is 0 Å². The third-order valence-electron chi connectivity index (χ3n) is 4.74. The molecule has 1 fully saturated rings. The summed E-state index contributed by atoms with van der Waals surface area (Å²) in [7, 11) is 0. The zero-order chi connectivity index (χ0) is 20.8. The van der Waals surface area contributed by atoms with Crippen LogP contribution in [-0.4, -0.2) is 42.1 Å². The van der Waals surface area contributed by atoms with E-state index in [4.69, 9.17) is 9.47 Å². The molecular weight excluding hydrogens is 446 g/mol. The summed E-state index contributed by atoms with van der Waals surface area (Å²) in [6, 6.07) is 18.7. The van der Waals surface area contributed by atoms with Gasteiger partial charge in [-0.3, -0.25) is 9.69 Å². The lowest BCUT2D eigenvalue weighted by atomic mass is 10.1. The number of nitrogens with one attached hydrogen (secondary N) is 1. The number of benzene rings is 2. The minimum absolute atomic E-state index is 0.265. The molecule has 1 aromatic heterocycles. The molecule has 6 nitrogen and oxygen atoms in total. The minimum Gasteiger partial charge on any atom is -0.438 e. The average Bonchev–Trinajstić information content (AvgIpc) is 2.77. The monoisotopic (exact) mass is 467 g/mol. The molecule has 0 radical (unpaired) electrons. The highest BCUT2D eigenvalue weighted by atomic mass is 79.9. The van der Waals surface area contributed by atoms with Gasteiger partial charge in [-0.05, 0) is 54.1 Å². The van der Waals surface area contributed by atoms with Crippen molar-refractivity contribution >= 4 is 27.5 Å². The van der Waals surface area contributed by atoms with Crippen molar-refractivity contribution in [3.8, 4) is 11.6 Å². The van der Waals surface area contributed by atoms with Crippen LogP contribution in [0.5, 0.6) is 11.6 Å². The fraction of sp³-hybridized carbons (Fsp3) is 0.217. The molecule has 0 bridgehead atoms. The maximum atomic E-state index is 12.9. The van der Waals surface area contributed by atoms with E-state index in [1.165, 1.54) is 0 Å². The predicted molar refractivity (Wildman–Crippen MR) is 119 cm³/mol. The normalized spacial score (nSPS) is 14.3. The number of halogens is 1. The number of carbonyl (C=O) groups excluding carboxylic acids is 1. The summed E-state index contributed by atoms with van der Waals surface area (Å²) in [5, 5.41) is 2.96. The lowest BCUT2D eigenvalue weighted by molar-refractivity contribution is 0.0342. The van der Waals surface area contributed by atoms with Crippen LogP contribution in [0.4, 0.5) is 5.69 Å². The van der Waals surface area contributed by atoms with Crippen molar-refractivity contribution in [3.63, 3.8) is 0 Å². The van der Waals surface area contributed by atoms with E-state index in [-0.39, 0.29) is 11.8 Å². The first-order chi connectivity index (χ1) is 14.7. The Morgan fingerprint density at radius 3 is 2.70 bits per heavy atom. The van der Waals surface area contributed by atoms with E-state index in [0.717, 1.165) is 48.6 Å². The number of anilines is 1. The second-order valence-electron chi connectivity index (χ2n) is 6.96. The number of morpholine rings is 1. The van der Waals surface area contributed by atoms with Gasteiger partial charge in [-0.25, -0.2) is 4.98 Å². The Kier molecular flexibility index (Phi) is 6.74. The summed E-state index contributed by atoms with van der Waals surface area (Å²) in [5.41, 5.74) is 2.26. The van der Waals surface area contributed by atoms with Gasteiger partial charge in [0.25, 0.3) is 5.91 Å². The van der Waals surface area contributed by atoms with Crippen LogP contribution in [0.15, 0.2) is 71.3 Å². The van der Waals surface area contributed by atoms with Crippen LogP contribution in [-0.2, 0) is 11.3 Å². The smallest absolute Gasteiger partial charge is 0.261 e. The number of rotatable bonds is 6. The van der Waals surface area contributed by atoms with E-state index in [2.05, 4.69) is 37.2 Å². The lowest BCUT2D eigenvalue weighted by Crippen LogP contribution is -2.35. The van der Waals surface area contributed by atoms with Crippen molar-refractivity contribution < 1.29 is 14.3 Å². The lowest BCUT2D eigenvalue weighted by Gasteiger charge is -2.26. The number of amides is 1. The second kappa shape index (κ2) is 9.84. The van der Waals surface area contributed by atoms with Crippen LogP contribution >= 0.6 is 15.9 Å². The van der Waals surface area contributed by atoms with Crippen LogP contribution < -0.4 is 10.1 Å². The van der Waals surface area contributed by atoms with Gasteiger partial charge in [0.1, 0.15) is 11.3 Å². The van der Waals surface area contributed by atoms with E-state index in [0.29, 0.717) is 11.3 Å². The first-order valence-corrected chi connectivity index (χ1v) is 10.6. The largest absolute Gasteiger partial charge is 0.438 e. The Morgan fingerprint density at radius 1 is 1.10 bits per heavy atom. The number of hydrogen-bond acceptors (Lipinski definition) is 5. The number of hydrogen-bond donors (Lipinski definition) is 1. The minimum atomic E-state index is -0.265. The molecule has 2 aromatic carbocycles. The number of nitrogens with zero attached hydrogens (tertiary/aromatic N) is 2. The Balaban J connectivity index is 1.46. The highest BCUT2D eigenvalue weighted by Crippen LogP contribution is 2.25. The maximum Gasteiger partial charge on any atom is 0.261 e. The molecule has 0 saturated carbocycles. The molecule has 3 aromatic rings. The zero-order valence-electron chi connectivity index (χ0n) is 16.4. The SMILES string of the molecule is O=C(Nc1cccc(CN2CCOCC2)c1)c1cccnc1Oc1ccc(Br)cc1. The quantitative estimate of drug-likeness (QED) is 0.567. The fourth-order valence-corrected chi connectivity index (χ4v) is 3.49. The zero-order valence-corrected chi connectivity index (χ0v) is 18.0. The summed E-state index contributed by atoms with van der Waals surface area (Å²) in [4.78, 5) is 19.5. The van der Waals surface area contributed by atoms with Crippen LogP contribution in [0.25, 0.3) is 0 Å². The Hall–Kier alpha value is -2.74. The number of aromatic nitrogens is 1. The van der Waals surface area contributed by atoms with E-state index in [1.54, 1.807) is 18.3 Å². The van der Waals surface area contributed by atoms with Gasteiger partial charge in [-0.2, -0.15) is 0 Å². The molecule has 154 valence electrons. The molecule has 1 saturated heterocycles. The van der Waals surface area contributed by atoms with Crippen molar-refractivity contribution in [1.82, 2.24) is 9.88 Å². The van der Waals surface area contributed by atoms with Crippen LogP contribution in [0, 0.1) is 0 Å². The van der Waals surface area contributed by atoms with Crippen LogP contribution in [0.1, 0.15) is 15.9 Å². The molecule has 1 aliphatic rings. The molecule has 2 heterocycles. The van der Waals surface area contributed by atoms with Crippen molar-refractivity contribution in [2.75, 3.05) is 31.6 Å². The molecule has 7 heteroatoms. The van der Waals surface area contributed by atoms with Crippen molar-refractivity contribution in [3.05, 3.63) is 82.5 Å². The van der Waals surface area contributed by atoms with Crippen molar-refractivity contribution in [2.45, 2.75) is 6.54 Å². The molecular formula is C23H22BrN3O3. The standard InChI is InChI=1S/C23H22BrN3O3/c24-18-6-8-20(9-7-18)30-23-21(5-2-10-25-23)22(28)26-19-4-1-3-17(15-19)16-27-11-13-29-14-12-27/h1-10,15H,11-14,16H2,(H,26,28). The Morgan fingerprint density at radius 2 is 1.90 bits per heavy atom.